The zero-order chi connectivity index (χ0) is 22.9. The van der Waals surface area contributed by atoms with Crippen LogP contribution in [0.15, 0.2) is 24.5 Å². The number of aromatic nitrogens is 4. The van der Waals surface area contributed by atoms with Crippen molar-refractivity contribution in [3.8, 4) is 5.95 Å². The summed E-state index contributed by atoms with van der Waals surface area (Å²) in [6.07, 6.45) is 7.42. The fourth-order valence-electron chi connectivity index (χ4n) is 4.18. The number of urea groups is 1. The number of nitrogens with zero attached hydrogens (tertiary/aromatic N) is 5. The van der Waals surface area contributed by atoms with Crippen LogP contribution in [0.2, 0.25) is 0 Å². The number of carbonyl (C=O) groups excluding carboxylic acids is 3. The highest BCUT2D eigenvalue weighted by Crippen LogP contribution is 2.33. The lowest BCUT2D eigenvalue weighted by atomic mass is 9.82. The van der Waals surface area contributed by atoms with Gasteiger partial charge in [0.2, 0.25) is 5.91 Å². The molecule has 1 saturated carbocycles. The number of carbonyl (C=O) groups is 3. The Labute approximate surface area is 186 Å². The van der Waals surface area contributed by atoms with Gasteiger partial charge in [-0.3, -0.25) is 14.5 Å². The van der Waals surface area contributed by atoms with Crippen molar-refractivity contribution in [1.29, 1.82) is 0 Å². The number of imide groups is 1. The van der Waals surface area contributed by atoms with Crippen LogP contribution in [-0.4, -0.2) is 54.6 Å². The van der Waals surface area contributed by atoms with Crippen molar-refractivity contribution in [2.75, 3.05) is 11.9 Å². The summed E-state index contributed by atoms with van der Waals surface area (Å²) in [5, 5.41) is 10.3. The number of nitrogens with one attached hydrogen (secondary N) is 2. The van der Waals surface area contributed by atoms with Gasteiger partial charge < -0.3 is 10.6 Å². The Balaban J connectivity index is 1.46. The molecule has 1 aliphatic heterocycles. The first-order chi connectivity index (χ1) is 15.2. The Kier molecular flexibility index (Phi) is 5.70. The van der Waals surface area contributed by atoms with Crippen LogP contribution in [0.25, 0.3) is 5.95 Å². The molecule has 10 nitrogen and oxygen atoms in total. The van der Waals surface area contributed by atoms with Gasteiger partial charge in [-0.2, -0.15) is 9.78 Å². The molecular weight excluding hydrogens is 410 g/mol. The van der Waals surface area contributed by atoms with Crippen LogP contribution in [0.1, 0.15) is 65.0 Å². The number of rotatable bonds is 5. The SMILES string of the molecule is CC(C)(C)c1cc(NC(=O)CCN2C(=O)NC3(CCCCC3)C2=O)n(-c2ncccn2)n1. The summed E-state index contributed by atoms with van der Waals surface area (Å²) in [5.74, 6) is 0.235. The fourth-order valence-corrected chi connectivity index (χ4v) is 4.18. The van der Waals surface area contributed by atoms with Crippen molar-refractivity contribution >= 4 is 23.7 Å². The summed E-state index contributed by atoms with van der Waals surface area (Å²) in [4.78, 5) is 47.7. The van der Waals surface area contributed by atoms with E-state index < -0.39 is 11.6 Å². The minimum absolute atomic E-state index is 0.0130. The van der Waals surface area contributed by atoms with E-state index in [1.165, 1.54) is 9.58 Å². The van der Waals surface area contributed by atoms with E-state index in [1.54, 1.807) is 24.5 Å². The highest BCUT2D eigenvalue weighted by atomic mass is 16.2. The third-order valence-corrected chi connectivity index (χ3v) is 6.00. The van der Waals surface area contributed by atoms with Crippen molar-refractivity contribution in [1.82, 2.24) is 30.0 Å². The van der Waals surface area contributed by atoms with Gasteiger partial charge in [0, 0.05) is 36.8 Å². The van der Waals surface area contributed by atoms with E-state index in [9.17, 15) is 14.4 Å². The highest BCUT2D eigenvalue weighted by molar-refractivity contribution is 6.07. The lowest BCUT2D eigenvalue weighted by molar-refractivity contribution is -0.132. The Bertz CT molecular complexity index is 1020. The molecule has 1 aliphatic carbocycles. The molecule has 2 aromatic heterocycles. The molecule has 10 heteroatoms. The minimum Gasteiger partial charge on any atom is -0.323 e. The predicted molar refractivity (Wildman–Crippen MR) is 117 cm³/mol. The molecule has 0 bridgehead atoms. The van der Waals surface area contributed by atoms with Crippen LogP contribution >= 0.6 is 0 Å². The Hall–Kier alpha value is -3.30. The van der Waals surface area contributed by atoms with Crippen LogP contribution in [0.4, 0.5) is 10.6 Å². The van der Waals surface area contributed by atoms with Crippen molar-refractivity contribution in [3.05, 3.63) is 30.2 Å². The van der Waals surface area contributed by atoms with Crippen molar-refractivity contribution < 1.29 is 14.4 Å². The van der Waals surface area contributed by atoms with Gasteiger partial charge in [-0.1, -0.05) is 40.0 Å². The Morgan fingerprint density at radius 2 is 1.84 bits per heavy atom. The molecular formula is C22H29N7O3. The summed E-state index contributed by atoms with van der Waals surface area (Å²) < 4.78 is 1.49. The number of hydrogen-bond acceptors (Lipinski definition) is 6. The van der Waals surface area contributed by atoms with E-state index in [0.717, 1.165) is 25.0 Å². The summed E-state index contributed by atoms with van der Waals surface area (Å²) >= 11 is 0. The standard InChI is InChI=1S/C22H29N7O3/c1-21(2,3)15-14-16(29(27-15)19-23-11-7-12-24-19)25-17(30)8-13-28-18(31)22(26-20(28)32)9-5-4-6-10-22/h7,11-12,14H,4-6,8-10,13H2,1-3H3,(H,25,30)(H,26,32). The second kappa shape index (κ2) is 8.33. The molecule has 0 unspecified atom stereocenters. The molecule has 1 spiro atoms. The number of hydrogen-bond donors (Lipinski definition) is 2. The van der Waals surface area contributed by atoms with Gasteiger partial charge in [-0.25, -0.2) is 14.8 Å². The van der Waals surface area contributed by atoms with E-state index >= 15 is 0 Å². The lowest BCUT2D eigenvalue weighted by Crippen LogP contribution is -2.48. The molecule has 2 N–H and O–H groups in total. The first-order valence-corrected chi connectivity index (χ1v) is 11.0. The van der Waals surface area contributed by atoms with E-state index in [4.69, 9.17) is 0 Å². The highest BCUT2D eigenvalue weighted by Gasteiger charge is 2.51. The zero-order valence-electron chi connectivity index (χ0n) is 18.7. The van der Waals surface area contributed by atoms with Crippen molar-refractivity contribution in [2.45, 2.75) is 70.3 Å². The molecule has 170 valence electrons. The van der Waals surface area contributed by atoms with E-state index in [2.05, 4.69) is 25.7 Å². The van der Waals surface area contributed by atoms with E-state index in [1.807, 2.05) is 20.8 Å². The molecule has 3 heterocycles. The lowest BCUT2D eigenvalue weighted by Gasteiger charge is -2.30. The van der Waals surface area contributed by atoms with Crippen molar-refractivity contribution in [2.24, 2.45) is 0 Å². The monoisotopic (exact) mass is 439 g/mol. The summed E-state index contributed by atoms with van der Waals surface area (Å²) in [7, 11) is 0. The average molecular weight is 440 g/mol. The van der Waals surface area contributed by atoms with Gasteiger partial charge in [-0.05, 0) is 18.9 Å². The van der Waals surface area contributed by atoms with Gasteiger partial charge in [0.25, 0.3) is 11.9 Å². The second-order valence-corrected chi connectivity index (χ2v) is 9.45. The van der Waals surface area contributed by atoms with Gasteiger partial charge in [0.1, 0.15) is 11.4 Å². The molecule has 4 rings (SSSR count). The summed E-state index contributed by atoms with van der Waals surface area (Å²) in [5.41, 5.74) is -0.251. The Morgan fingerprint density at radius 1 is 1.16 bits per heavy atom. The maximum absolute atomic E-state index is 12.9. The molecule has 1 saturated heterocycles. The van der Waals surface area contributed by atoms with E-state index in [0.29, 0.717) is 24.6 Å². The molecule has 0 atom stereocenters. The smallest absolute Gasteiger partial charge is 0.323 e. The van der Waals surface area contributed by atoms with Gasteiger partial charge in [-0.15, -0.1) is 0 Å². The topological polar surface area (TPSA) is 122 Å². The van der Waals surface area contributed by atoms with Crippen LogP contribution in [0, 0.1) is 0 Å². The van der Waals surface area contributed by atoms with Crippen LogP contribution < -0.4 is 10.6 Å². The predicted octanol–water partition coefficient (Wildman–Crippen LogP) is 2.54. The summed E-state index contributed by atoms with van der Waals surface area (Å²) in [6.45, 7) is 6.10. The maximum atomic E-state index is 12.9. The zero-order valence-corrected chi connectivity index (χ0v) is 18.7. The first kappa shape index (κ1) is 21.9. The molecule has 2 aromatic rings. The summed E-state index contributed by atoms with van der Waals surface area (Å²) in [6, 6.07) is 3.08. The van der Waals surface area contributed by atoms with Crippen LogP contribution in [-0.2, 0) is 15.0 Å². The average Bonchev–Trinajstić information content (AvgIpc) is 3.27. The third-order valence-electron chi connectivity index (χ3n) is 6.00. The molecule has 0 radical (unpaired) electrons. The normalized spacial score (nSPS) is 18.2. The Morgan fingerprint density at radius 3 is 2.50 bits per heavy atom. The van der Waals surface area contributed by atoms with Gasteiger partial charge in [0.05, 0.1) is 5.69 Å². The second-order valence-electron chi connectivity index (χ2n) is 9.45. The molecule has 32 heavy (non-hydrogen) atoms. The molecule has 0 aromatic carbocycles. The molecule has 2 fully saturated rings. The largest absolute Gasteiger partial charge is 0.325 e. The first-order valence-electron chi connectivity index (χ1n) is 11.0. The van der Waals surface area contributed by atoms with Crippen LogP contribution in [0.5, 0.6) is 0 Å². The maximum Gasteiger partial charge on any atom is 0.325 e. The van der Waals surface area contributed by atoms with Crippen LogP contribution in [0.3, 0.4) is 0 Å². The van der Waals surface area contributed by atoms with E-state index in [-0.39, 0.29) is 30.2 Å². The van der Waals surface area contributed by atoms with Gasteiger partial charge in [0.15, 0.2) is 0 Å². The third kappa shape index (κ3) is 4.21. The number of anilines is 1. The minimum atomic E-state index is -0.781. The molecule has 2 aliphatic rings. The number of amides is 4. The fraction of sp³-hybridized carbons (Fsp3) is 0.545. The molecule has 4 amide bonds. The van der Waals surface area contributed by atoms with Gasteiger partial charge >= 0.3 is 6.03 Å². The van der Waals surface area contributed by atoms with Crippen molar-refractivity contribution in [3.63, 3.8) is 0 Å². The quantitative estimate of drug-likeness (QED) is 0.691.